The molecule has 0 bridgehead atoms. The SMILES string of the molecule is C=N/C(C)=C\C=C(/C)CC1CNC1. The van der Waals surface area contributed by atoms with Crippen LogP contribution in [0.2, 0.25) is 0 Å². The molecule has 72 valence electrons. The molecule has 0 unspecified atom stereocenters. The Labute approximate surface area is 80.4 Å². The van der Waals surface area contributed by atoms with Crippen molar-refractivity contribution in [2.45, 2.75) is 20.3 Å². The molecule has 0 radical (unpaired) electrons. The second-order valence-corrected chi connectivity index (χ2v) is 3.71. The number of nitrogens with one attached hydrogen (secondary N) is 1. The van der Waals surface area contributed by atoms with E-state index in [0.717, 1.165) is 11.6 Å². The third-order valence-electron chi connectivity index (χ3n) is 2.34. The Bertz CT molecular complexity index is 234. The van der Waals surface area contributed by atoms with Crippen molar-refractivity contribution in [2.75, 3.05) is 13.1 Å². The van der Waals surface area contributed by atoms with Gasteiger partial charge in [0.1, 0.15) is 0 Å². The van der Waals surface area contributed by atoms with E-state index in [0.29, 0.717) is 0 Å². The Morgan fingerprint density at radius 2 is 2.15 bits per heavy atom. The first-order chi connectivity index (χ1) is 6.22. The molecule has 0 amide bonds. The molecule has 1 saturated heterocycles. The minimum Gasteiger partial charge on any atom is -0.316 e. The number of rotatable bonds is 4. The van der Waals surface area contributed by atoms with Crippen LogP contribution in [0.4, 0.5) is 0 Å². The molecule has 0 aromatic rings. The van der Waals surface area contributed by atoms with Crippen molar-refractivity contribution in [3.8, 4) is 0 Å². The fourth-order valence-corrected chi connectivity index (χ4v) is 1.33. The van der Waals surface area contributed by atoms with Crippen molar-refractivity contribution in [1.82, 2.24) is 5.32 Å². The van der Waals surface area contributed by atoms with Gasteiger partial charge in [0.05, 0.1) is 0 Å². The number of allylic oxidation sites excluding steroid dienone is 4. The molecule has 13 heavy (non-hydrogen) atoms. The summed E-state index contributed by atoms with van der Waals surface area (Å²) in [6.45, 7) is 9.95. The quantitative estimate of drug-likeness (QED) is 0.517. The first kappa shape index (κ1) is 10.2. The number of hydrogen-bond donors (Lipinski definition) is 1. The van der Waals surface area contributed by atoms with Crippen molar-refractivity contribution < 1.29 is 0 Å². The van der Waals surface area contributed by atoms with Crippen LogP contribution in [0, 0.1) is 5.92 Å². The Balaban J connectivity index is 2.36. The maximum atomic E-state index is 3.83. The largest absolute Gasteiger partial charge is 0.316 e. The smallest absolute Gasteiger partial charge is 0.0365 e. The second-order valence-electron chi connectivity index (χ2n) is 3.71. The molecular formula is C11H18N2. The lowest BCUT2D eigenvalue weighted by Crippen LogP contribution is -2.41. The van der Waals surface area contributed by atoms with Gasteiger partial charge in [-0.3, -0.25) is 4.99 Å². The maximum absolute atomic E-state index is 3.83. The highest BCUT2D eigenvalue weighted by molar-refractivity contribution is 5.29. The van der Waals surface area contributed by atoms with Crippen LogP contribution >= 0.6 is 0 Å². The molecule has 2 nitrogen and oxygen atoms in total. The van der Waals surface area contributed by atoms with E-state index in [1.165, 1.54) is 25.1 Å². The summed E-state index contributed by atoms with van der Waals surface area (Å²) < 4.78 is 0. The lowest BCUT2D eigenvalue weighted by atomic mass is 9.95. The van der Waals surface area contributed by atoms with E-state index in [1.54, 1.807) is 0 Å². The van der Waals surface area contributed by atoms with Crippen LogP contribution in [-0.2, 0) is 0 Å². The molecule has 1 rings (SSSR count). The molecule has 0 aromatic heterocycles. The molecule has 0 aliphatic carbocycles. The minimum atomic E-state index is 0.849. The molecular weight excluding hydrogens is 160 g/mol. The van der Waals surface area contributed by atoms with Gasteiger partial charge < -0.3 is 5.32 Å². The van der Waals surface area contributed by atoms with Crippen LogP contribution in [-0.4, -0.2) is 19.8 Å². The summed E-state index contributed by atoms with van der Waals surface area (Å²) in [7, 11) is 0. The second kappa shape index (κ2) is 4.97. The zero-order valence-corrected chi connectivity index (χ0v) is 8.51. The average molecular weight is 178 g/mol. The first-order valence-electron chi connectivity index (χ1n) is 4.74. The maximum Gasteiger partial charge on any atom is 0.0365 e. The Hall–Kier alpha value is -0.890. The fraction of sp³-hybridized carbons (Fsp3) is 0.545. The van der Waals surface area contributed by atoms with Crippen LogP contribution in [0.3, 0.4) is 0 Å². The van der Waals surface area contributed by atoms with Crippen LogP contribution in [0.5, 0.6) is 0 Å². The summed E-state index contributed by atoms with van der Waals surface area (Å²) in [4.78, 5) is 3.83. The summed E-state index contributed by atoms with van der Waals surface area (Å²) in [5.74, 6) is 0.849. The zero-order valence-electron chi connectivity index (χ0n) is 8.51. The van der Waals surface area contributed by atoms with Crippen molar-refractivity contribution in [1.29, 1.82) is 0 Å². The minimum absolute atomic E-state index is 0.849. The van der Waals surface area contributed by atoms with Crippen LogP contribution < -0.4 is 5.32 Å². The highest BCUT2D eigenvalue weighted by Crippen LogP contribution is 2.15. The van der Waals surface area contributed by atoms with E-state index in [4.69, 9.17) is 0 Å². The van der Waals surface area contributed by atoms with E-state index in [1.807, 2.05) is 13.0 Å². The van der Waals surface area contributed by atoms with E-state index < -0.39 is 0 Å². The summed E-state index contributed by atoms with van der Waals surface area (Å²) in [6, 6.07) is 0. The molecule has 1 aliphatic rings. The van der Waals surface area contributed by atoms with Crippen molar-refractivity contribution in [3.63, 3.8) is 0 Å². The standard InChI is InChI=1S/C11H18N2/c1-9(4-5-10(2)12-3)6-11-7-13-8-11/h4-5,11,13H,3,6-8H2,1-2H3/b9-4+,10-5-. The predicted molar refractivity (Wildman–Crippen MR) is 58.0 cm³/mol. The van der Waals surface area contributed by atoms with Gasteiger partial charge in [0, 0.05) is 5.70 Å². The zero-order chi connectivity index (χ0) is 9.68. The molecule has 2 heteroatoms. The normalized spacial score (nSPS) is 19.8. The van der Waals surface area contributed by atoms with Gasteiger partial charge >= 0.3 is 0 Å². The summed E-state index contributed by atoms with van der Waals surface area (Å²) in [5, 5.41) is 3.27. The van der Waals surface area contributed by atoms with Crippen LogP contribution in [0.25, 0.3) is 0 Å². The third kappa shape index (κ3) is 3.55. The molecule has 0 aromatic carbocycles. The fourth-order valence-electron chi connectivity index (χ4n) is 1.33. The van der Waals surface area contributed by atoms with E-state index in [-0.39, 0.29) is 0 Å². The van der Waals surface area contributed by atoms with Crippen LogP contribution in [0.1, 0.15) is 20.3 Å². The Morgan fingerprint density at radius 3 is 2.62 bits per heavy atom. The molecule has 0 saturated carbocycles. The highest BCUT2D eigenvalue weighted by atomic mass is 14.9. The van der Waals surface area contributed by atoms with Gasteiger partial charge in [0.25, 0.3) is 0 Å². The molecule has 1 heterocycles. The molecule has 0 spiro atoms. The number of nitrogens with zero attached hydrogens (tertiary/aromatic N) is 1. The van der Waals surface area contributed by atoms with Crippen molar-refractivity contribution in [2.24, 2.45) is 10.9 Å². The summed E-state index contributed by atoms with van der Waals surface area (Å²) in [5.41, 5.74) is 2.40. The van der Waals surface area contributed by atoms with Gasteiger partial charge in [0.15, 0.2) is 0 Å². The van der Waals surface area contributed by atoms with Crippen LogP contribution in [0.15, 0.2) is 28.4 Å². The highest BCUT2D eigenvalue weighted by Gasteiger charge is 2.15. The third-order valence-corrected chi connectivity index (χ3v) is 2.34. The van der Waals surface area contributed by atoms with Gasteiger partial charge in [-0.25, -0.2) is 0 Å². The molecule has 0 atom stereocenters. The van der Waals surface area contributed by atoms with Gasteiger partial charge in [-0.1, -0.05) is 11.6 Å². The van der Waals surface area contributed by atoms with E-state index >= 15 is 0 Å². The van der Waals surface area contributed by atoms with E-state index in [9.17, 15) is 0 Å². The monoisotopic (exact) mass is 178 g/mol. The summed E-state index contributed by atoms with van der Waals surface area (Å²) >= 11 is 0. The first-order valence-corrected chi connectivity index (χ1v) is 4.74. The van der Waals surface area contributed by atoms with Gasteiger partial charge in [-0.2, -0.15) is 0 Å². The Kier molecular flexibility index (Phi) is 3.90. The number of hydrogen-bond acceptors (Lipinski definition) is 2. The van der Waals surface area contributed by atoms with Gasteiger partial charge in [-0.15, -0.1) is 0 Å². The Morgan fingerprint density at radius 1 is 1.46 bits per heavy atom. The molecule has 1 fully saturated rings. The summed E-state index contributed by atoms with van der Waals surface area (Å²) in [6.07, 6.45) is 5.37. The number of aliphatic imine (C=N–C) groups is 1. The van der Waals surface area contributed by atoms with E-state index in [2.05, 4.69) is 30.0 Å². The average Bonchev–Trinajstić information content (AvgIpc) is 2.07. The molecule has 1 N–H and O–H groups in total. The van der Waals surface area contributed by atoms with Gasteiger partial charge in [0.2, 0.25) is 0 Å². The predicted octanol–water partition coefficient (Wildman–Crippen LogP) is 2.15. The lowest BCUT2D eigenvalue weighted by Gasteiger charge is -2.27. The lowest BCUT2D eigenvalue weighted by molar-refractivity contribution is 0.346. The topological polar surface area (TPSA) is 24.4 Å². The van der Waals surface area contributed by atoms with Crippen molar-refractivity contribution >= 4 is 6.72 Å². The van der Waals surface area contributed by atoms with Gasteiger partial charge in [-0.05, 0) is 52.1 Å². The molecule has 1 aliphatic heterocycles. The van der Waals surface area contributed by atoms with Crippen molar-refractivity contribution in [3.05, 3.63) is 23.4 Å².